The van der Waals surface area contributed by atoms with Crippen LogP contribution in [0.4, 0.5) is 8.78 Å². The largest absolute Gasteiger partial charge is 0.373 e. The Morgan fingerprint density at radius 3 is 2.74 bits per heavy atom. The lowest BCUT2D eigenvalue weighted by atomic mass is 9.90. The fourth-order valence-electron chi connectivity index (χ4n) is 4.43. The molecule has 0 unspecified atom stereocenters. The van der Waals surface area contributed by atoms with E-state index in [0.29, 0.717) is 36.4 Å². The molecule has 9 heteroatoms. The van der Waals surface area contributed by atoms with Crippen molar-refractivity contribution >= 4 is 5.65 Å². The van der Waals surface area contributed by atoms with E-state index in [4.69, 9.17) is 9.72 Å². The molecule has 5 rings (SSSR count). The Hall–Kier alpha value is -3.46. The second-order valence-electron chi connectivity index (χ2n) is 8.67. The molecule has 4 heterocycles. The predicted molar refractivity (Wildman–Crippen MR) is 123 cm³/mol. The molecule has 1 fully saturated rings. The first-order valence-electron chi connectivity index (χ1n) is 11.4. The van der Waals surface area contributed by atoms with E-state index < -0.39 is 11.6 Å². The lowest BCUT2D eigenvalue weighted by molar-refractivity contribution is 0.00454. The van der Waals surface area contributed by atoms with Gasteiger partial charge in [-0.1, -0.05) is 0 Å². The Morgan fingerprint density at radius 2 is 2.00 bits per heavy atom. The molecule has 0 saturated carbocycles. The van der Waals surface area contributed by atoms with Crippen molar-refractivity contribution in [2.24, 2.45) is 0 Å². The molecule has 176 valence electrons. The van der Waals surface area contributed by atoms with Gasteiger partial charge in [-0.25, -0.2) is 18.7 Å². The Labute approximate surface area is 195 Å². The van der Waals surface area contributed by atoms with Crippen molar-refractivity contribution in [2.45, 2.75) is 52.2 Å². The smallest absolute Gasteiger partial charge is 0.261 e. The third-order valence-corrected chi connectivity index (χ3v) is 6.54. The highest BCUT2D eigenvalue weighted by Gasteiger charge is 2.29. The molecule has 7 nitrogen and oxygen atoms in total. The Balaban J connectivity index is 1.64. The quantitative estimate of drug-likeness (QED) is 0.444. The highest BCUT2D eigenvalue weighted by Crippen LogP contribution is 2.38. The minimum absolute atomic E-state index is 0.0242. The van der Waals surface area contributed by atoms with E-state index in [-0.39, 0.29) is 34.5 Å². The van der Waals surface area contributed by atoms with Gasteiger partial charge >= 0.3 is 0 Å². The minimum atomic E-state index is -0.754. The van der Waals surface area contributed by atoms with Crippen LogP contribution < -0.4 is 5.56 Å². The number of aryl methyl sites for hydroxylation is 2. The van der Waals surface area contributed by atoms with E-state index in [2.05, 4.69) is 10.1 Å². The summed E-state index contributed by atoms with van der Waals surface area (Å²) in [6.45, 7) is 6.75. The molecule has 1 aliphatic rings. The summed E-state index contributed by atoms with van der Waals surface area (Å²) in [7, 11) is 0. The molecule has 0 spiro atoms. The molecule has 1 aromatic carbocycles. The topological polar surface area (TPSA) is 74.3 Å². The fourth-order valence-corrected chi connectivity index (χ4v) is 4.43. The molecule has 0 amide bonds. The number of halogens is 2. The predicted octanol–water partition coefficient (Wildman–Crippen LogP) is 4.50. The van der Waals surface area contributed by atoms with Crippen molar-refractivity contribution in [3.05, 3.63) is 81.3 Å². The number of nitrogens with zero attached hydrogens (tertiary/aromatic N) is 5. The summed E-state index contributed by atoms with van der Waals surface area (Å²) in [4.78, 5) is 22.5. The molecular weight excluding hydrogens is 440 g/mol. The summed E-state index contributed by atoms with van der Waals surface area (Å²) in [5.41, 5.74) is 3.02. The molecule has 34 heavy (non-hydrogen) atoms. The van der Waals surface area contributed by atoms with Crippen molar-refractivity contribution in [3.63, 3.8) is 0 Å². The molecule has 0 N–H and O–H groups in total. The lowest BCUT2D eigenvalue weighted by Crippen LogP contribution is -2.24. The van der Waals surface area contributed by atoms with Gasteiger partial charge in [0.15, 0.2) is 5.65 Å². The van der Waals surface area contributed by atoms with Gasteiger partial charge in [-0.15, -0.1) is 0 Å². The van der Waals surface area contributed by atoms with Gasteiger partial charge < -0.3 is 4.74 Å². The van der Waals surface area contributed by atoms with Gasteiger partial charge in [0.05, 0.1) is 18.0 Å². The van der Waals surface area contributed by atoms with E-state index >= 15 is 0 Å². The first-order valence-corrected chi connectivity index (χ1v) is 11.4. The molecule has 3 aromatic heterocycles. The van der Waals surface area contributed by atoms with Crippen LogP contribution in [0, 0.1) is 25.5 Å². The molecule has 1 aliphatic heterocycles. The Bertz CT molecular complexity index is 1450. The summed E-state index contributed by atoms with van der Waals surface area (Å²) in [5.74, 6) is -1.46. The maximum Gasteiger partial charge on any atom is 0.261 e. The van der Waals surface area contributed by atoms with E-state index in [1.54, 1.807) is 20.0 Å². The van der Waals surface area contributed by atoms with E-state index in [1.807, 2.05) is 24.0 Å². The van der Waals surface area contributed by atoms with Gasteiger partial charge in [-0.05, 0) is 45.7 Å². The molecule has 0 aliphatic carbocycles. The molecule has 1 saturated heterocycles. The van der Waals surface area contributed by atoms with Gasteiger partial charge in [0.25, 0.3) is 5.56 Å². The van der Waals surface area contributed by atoms with Crippen LogP contribution in [0.5, 0.6) is 0 Å². The van der Waals surface area contributed by atoms with Crippen molar-refractivity contribution in [1.29, 1.82) is 0 Å². The van der Waals surface area contributed by atoms with Crippen LogP contribution in [0.3, 0.4) is 0 Å². The highest BCUT2D eigenvalue weighted by atomic mass is 19.1. The van der Waals surface area contributed by atoms with E-state index in [9.17, 15) is 13.6 Å². The van der Waals surface area contributed by atoms with Gasteiger partial charge in [-0.2, -0.15) is 5.10 Å². The van der Waals surface area contributed by atoms with Crippen molar-refractivity contribution in [3.8, 4) is 11.3 Å². The minimum Gasteiger partial charge on any atom is -0.373 e. The summed E-state index contributed by atoms with van der Waals surface area (Å²) in [6.07, 6.45) is 6.68. The molecule has 0 radical (unpaired) electrons. The monoisotopic (exact) mass is 465 g/mol. The number of hydrogen-bond acceptors (Lipinski definition) is 5. The standard InChI is InChI=1S/C25H25F2N5O2/c1-4-31-12-17(11-28-31)22-9-16(7-8-34-22)21-13-32-24(29-15(3)14(2)25(32)33)23(30-21)19-6-5-18(26)10-20(19)27/h5-6,10-13,16,22H,4,7-9H2,1-3H3/t16-,22+/m0/s1. The van der Waals surface area contributed by atoms with E-state index in [0.717, 1.165) is 18.2 Å². The number of benzene rings is 1. The summed E-state index contributed by atoms with van der Waals surface area (Å²) >= 11 is 0. The van der Waals surface area contributed by atoms with Gasteiger partial charge in [0.2, 0.25) is 0 Å². The van der Waals surface area contributed by atoms with Gasteiger partial charge in [0.1, 0.15) is 17.3 Å². The third kappa shape index (κ3) is 3.90. The average Bonchev–Trinajstić information content (AvgIpc) is 3.32. The normalized spacial score (nSPS) is 18.5. The van der Waals surface area contributed by atoms with E-state index in [1.165, 1.54) is 16.5 Å². The number of fused-ring (bicyclic) bond motifs is 1. The van der Waals surface area contributed by atoms with Crippen LogP contribution in [-0.2, 0) is 11.3 Å². The van der Waals surface area contributed by atoms with Crippen LogP contribution in [0.2, 0.25) is 0 Å². The van der Waals surface area contributed by atoms with Crippen LogP contribution in [-0.4, -0.2) is 30.8 Å². The second-order valence-corrected chi connectivity index (χ2v) is 8.67. The van der Waals surface area contributed by atoms with Crippen LogP contribution >= 0.6 is 0 Å². The Kier molecular flexibility index (Phi) is 5.73. The lowest BCUT2D eigenvalue weighted by Gasteiger charge is -2.29. The number of rotatable bonds is 4. The number of aromatic nitrogens is 5. The van der Waals surface area contributed by atoms with Gasteiger partial charge in [0, 0.05) is 59.9 Å². The molecule has 0 bridgehead atoms. The first-order chi connectivity index (χ1) is 16.4. The second kappa shape index (κ2) is 8.72. The zero-order chi connectivity index (χ0) is 24.0. The highest BCUT2D eigenvalue weighted by molar-refractivity contribution is 5.74. The zero-order valence-electron chi connectivity index (χ0n) is 19.3. The molecular formula is C25H25F2N5O2. The van der Waals surface area contributed by atoms with Crippen LogP contribution in [0.1, 0.15) is 54.3 Å². The van der Waals surface area contributed by atoms with Crippen molar-refractivity contribution in [1.82, 2.24) is 24.1 Å². The number of hydrogen-bond donors (Lipinski definition) is 0. The Morgan fingerprint density at radius 1 is 1.18 bits per heavy atom. The third-order valence-electron chi connectivity index (χ3n) is 6.54. The maximum absolute atomic E-state index is 14.8. The molecule has 4 aromatic rings. The molecule has 2 atom stereocenters. The van der Waals surface area contributed by atoms with Crippen LogP contribution in [0.15, 0.2) is 41.6 Å². The number of ether oxygens (including phenoxy) is 1. The maximum atomic E-state index is 14.8. The summed E-state index contributed by atoms with van der Waals surface area (Å²) in [5, 5.41) is 4.34. The summed E-state index contributed by atoms with van der Waals surface area (Å²) < 4.78 is 37.7. The average molecular weight is 466 g/mol. The fraction of sp³-hybridized carbons (Fsp3) is 0.360. The van der Waals surface area contributed by atoms with Crippen molar-refractivity contribution < 1.29 is 13.5 Å². The van der Waals surface area contributed by atoms with Gasteiger partial charge in [-0.3, -0.25) is 13.9 Å². The van der Waals surface area contributed by atoms with Crippen LogP contribution in [0.25, 0.3) is 16.9 Å². The van der Waals surface area contributed by atoms with Crippen molar-refractivity contribution in [2.75, 3.05) is 6.61 Å². The summed E-state index contributed by atoms with van der Waals surface area (Å²) in [6, 6.07) is 3.33. The SMILES string of the molecule is CCn1cc([C@H]2C[C@@H](c3cn4c(=O)c(C)c(C)nc4c(-c4ccc(F)cc4F)n3)CCO2)cn1. The zero-order valence-corrected chi connectivity index (χ0v) is 19.3. The first kappa shape index (κ1) is 22.3.